The standard InChI is InChI=1S/C14H11Br2NO2/c15-8-9-3-1-2-4-12(9)17-14(19)11-7-10(16)5-6-13(11)18/h1-7,18H,8H2,(H,17,19). The van der Waals surface area contributed by atoms with Crippen LogP contribution in [-0.2, 0) is 5.33 Å². The van der Waals surface area contributed by atoms with Gasteiger partial charge in [0, 0.05) is 15.5 Å². The zero-order valence-corrected chi connectivity index (χ0v) is 13.0. The number of carbonyl (C=O) groups is 1. The smallest absolute Gasteiger partial charge is 0.259 e. The lowest BCUT2D eigenvalue weighted by Gasteiger charge is -2.10. The van der Waals surface area contributed by atoms with Crippen LogP contribution in [0.5, 0.6) is 5.75 Å². The average molecular weight is 385 g/mol. The number of aromatic hydroxyl groups is 1. The lowest BCUT2D eigenvalue weighted by molar-refractivity contribution is 0.102. The first-order chi connectivity index (χ1) is 9.11. The monoisotopic (exact) mass is 383 g/mol. The van der Waals surface area contributed by atoms with Crippen LogP contribution in [0, 0.1) is 0 Å². The number of anilines is 1. The van der Waals surface area contributed by atoms with Crippen molar-refractivity contribution in [3.63, 3.8) is 0 Å². The van der Waals surface area contributed by atoms with Crippen LogP contribution >= 0.6 is 31.9 Å². The number of para-hydroxylation sites is 1. The van der Waals surface area contributed by atoms with Gasteiger partial charge >= 0.3 is 0 Å². The number of carbonyl (C=O) groups excluding carboxylic acids is 1. The molecule has 98 valence electrons. The van der Waals surface area contributed by atoms with Crippen LogP contribution in [-0.4, -0.2) is 11.0 Å². The number of amides is 1. The molecule has 1 amide bonds. The number of rotatable bonds is 3. The van der Waals surface area contributed by atoms with Crippen LogP contribution in [0.25, 0.3) is 0 Å². The topological polar surface area (TPSA) is 49.3 Å². The van der Waals surface area contributed by atoms with Gasteiger partial charge in [0.05, 0.1) is 5.56 Å². The molecule has 0 unspecified atom stereocenters. The zero-order valence-electron chi connectivity index (χ0n) is 9.86. The molecule has 0 heterocycles. The molecule has 0 aliphatic carbocycles. The first-order valence-corrected chi connectivity index (χ1v) is 7.47. The molecule has 0 saturated carbocycles. The number of halogens is 2. The highest BCUT2D eigenvalue weighted by atomic mass is 79.9. The van der Waals surface area contributed by atoms with Crippen molar-refractivity contribution >= 4 is 43.5 Å². The predicted octanol–water partition coefficient (Wildman–Crippen LogP) is 4.30. The van der Waals surface area contributed by atoms with Crippen LogP contribution in [0.4, 0.5) is 5.69 Å². The van der Waals surface area contributed by atoms with E-state index in [4.69, 9.17) is 0 Å². The van der Waals surface area contributed by atoms with E-state index in [1.54, 1.807) is 12.1 Å². The number of hydrogen-bond acceptors (Lipinski definition) is 2. The van der Waals surface area contributed by atoms with Crippen molar-refractivity contribution in [1.82, 2.24) is 0 Å². The maximum Gasteiger partial charge on any atom is 0.259 e. The minimum atomic E-state index is -0.341. The second kappa shape index (κ2) is 6.21. The van der Waals surface area contributed by atoms with Gasteiger partial charge in [-0.1, -0.05) is 50.1 Å². The summed E-state index contributed by atoms with van der Waals surface area (Å²) < 4.78 is 0.740. The Bertz CT molecular complexity index is 614. The molecular weight excluding hydrogens is 374 g/mol. The lowest BCUT2D eigenvalue weighted by atomic mass is 10.1. The summed E-state index contributed by atoms with van der Waals surface area (Å²) in [6.07, 6.45) is 0. The highest BCUT2D eigenvalue weighted by Gasteiger charge is 2.13. The SMILES string of the molecule is O=C(Nc1ccccc1CBr)c1cc(Br)ccc1O. The summed E-state index contributed by atoms with van der Waals surface area (Å²) >= 11 is 6.65. The van der Waals surface area contributed by atoms with Gasteiger partial charge in [-0.05, 0) is 29.8 Å². The fourth-order valence-corrected chi connectivity index (χ4v) is 2.49. The zero-order chi connectivity index (χ0) is 13.8. The molecule has 0 aliphatic rings. The molecule has 0 aromatic heterocycles. The molecule has 3 nitrogen and oxygen atoms in total. The van der Waals surface area contributed by atoms with E-state index < -0.39 is 0 Å². The maximum atomic E-state index is 12.1. The summed E-state index contributed by atoms with van der Waals surface area (Å²) in [5.41, 5.74) is 1.94. The number of phenols is 1. The van der Waals surface area contributed by atoms with Crippen molar-refractivity contribution in [3.05, 3.63) is 58.1 Å². The van der Waals surface area contributed by atoms with Gasteiger partial charge in [-0.3, -0.25) is 4.79 Å². The molecule has 0 atom stereocenters. The van der Waals surface area contributed by atoms with E-state index in [9.17, 15) is 9.90 Å². The van der Waals surface area contributed by atoms with E-state index in [2.05, 4.69) is 37.2 Å². The Morgan fingerprint density at radius 1 is 1.21 bits per heavy atom. The molecule has 0 radical (unpaired) electrons. The van der Waals surface area contributed by atoms with E-state index in [1.807, 2.05) is 24.3 Å². The Morgan fingerprint density at radius 2 is 1.95 bits per heavy atom. The van der Waals surface area contributed by atoms with Gasteiger partial charge in [0.2, 0.25) is 0 Å². The highest BCUT2D eigenvalue weighted by molar-refractivity contribution is 9.10. The Balaban J connectivity index is 2.28. The van der Waals surface area contributed by atoms with Crippen molar-refractivity contribution in [2.75, 3.05) is 5.32 Å². The Hall–Kier alpha value is -1.33. The summed E-state index contributed by atoms with van der Waals surface area (Å²) in [6, 6.07) is 12.2. The highest BCUT2D eigenvalue weighted by Crippen LogP contribution is 2.24. The summed E-state index contributed by atoms with van der Waals surface area (Å²) in [7, 11) is 0. The number of nitrogens with one attached hydrogen (secondary N) is 1. The van der Waals surface area contributed by atoms with Gasteiger partial charge in [0.25, 0.3) is 5.91 Å². The summed E-state index contributed by atoms with van der Waals surface area (Å²) in [5, 5.41) is 13.2. The molecule has 5 heteroatoms. The molecule has 0 aliphatic heterocycles. The van der Waals surface area contributed by atoms with Crippen molar-refractivity contribution < 1.29 is 9.90 Å². The second-order valence-corrected chi connectivity index (χ2v) is 5.38. The van der Waals surface area contributed by atoms with Gasteiger partial charge < -0.3 is 10.4 Å². The molecule has 2 rings (SSSR count). The van der Waals surface area contributed by atoms with Crippen molar-refractivity contribution in [2.24, 2.45) is 0 Å². The van der Waals surface area contributed by atoms with Gasteiger partial charge in [-0.2, -0.15) is 0 Å². The van der Waals surface area contributed by atoms with Gasteiger partial charge in [-0.15, -0.1) is 0 Å². The minimum absolute atomic E-state index is 0.0444. The van der Waals surface area contributed by atoms with E-state index in [0.717, 1.165) is 15.7 Å². The largest absolute Gasteiger partial charge is 0.507 e. The number of hydrogen-bond donors (Lipinski definition) is 2. The molecule has 0 saturated heterocycles. The van der Waals surface area contributed by atoms with Crippen molar-refractivity contribution in [3.8, 4) is 5.75 Å². The molecular formula is C14H11Br2NO2. The molecule has 2 N–H and O–H groups in total. The molecule has 19 heavy (non-hydrogen) atoms. The van der Waals surface area contributed by atoms with Crippen LogP contribution in [0.1, 0.15) is 15.9 Å². The minimum Gasteiger partial charge on any atom is -0.507 e. The third-order valence-electron chi connectivity index (χ3n) is 2.61. The second-order valence-electron chi connectivity index (χ2n) is 3.91. The number of benzene rings is 2. The fourth-order valence-electron chi connectivity index (χ4n) is 1.64. The summed E-state index contributed by atoms with van der Waals surface area (Å²) in [5.74, 6) is -0.385. The maximum absolute atomic E-state index is 12.1. The molecule has 0 fully saturated rings. The fraction of sp³-hybridized carbons (Fsp3) is 0.0714. The predicted molar refractivity (Wildman–Crippen MR) is 82.8 cm³/mol. The van der Waals surface area contributed by atoms with E-state index >= 15 is 0 Å². The van der Waals surface area contributed by atoms with Gasteiger partial charge in [-0.25, -0.2) is 0 Å². The third kappa shape index (κ3) is 3.36. The normalized spacial score (nSPS) is 10.2. The molecule has 0 spiro atoms. The number of alkyl halides is 1. The first kappa shape index (κ1) is 14.1. The van der Waals surface area contributed by atoms with Crippen LogP contribution < -0.4 is 5.32 Å². The Labute approximate surface area is 127 Å². The molecule has 0 bridgehead atoms. The first-order valence-electron chi connectivity index (χ1n) is 5.55. The Morgan fingerprint density at radius 3 is 2.68 bits per heavy atom. The lowest BCUT2D eigenvalue weighted by Crippen LogP contribution is -2.13. The van der Waals surface area contributed by atoms with Crippen LogP contribution in [0.3, 0.4) is 0 Å². The van der Waals surface area contributed by atoms with Crippen LogP contribution in [0.15, 0.2) is 46.9 Å². The van der Waals surface area contributed by atoms with Crippen LogP contribution in [0.2, 0.25) is 0 Å². The molecule has 2 aromatic carbocycles. The van der Waals surface area contributed by atoms with Crippen molar-refractivity contribution in [1.29, 1.82) is 0 Å². The van der Waals surface area contributed by atoms with E-state index in [1.165, 1.54) is 6.07 Å². The van der Waals surface area contributed by atoms with Gasteiger partial charge in [0.1, 0.15) is 5.75 Å². The molecule has 2 aromatic rings. The summed E-state index contributed by atoms with van der Waals surface area (Å²) in [4.78, 5) is 12.1. The van der Waals surface area contributed by atoms with E-state index in [-0.39, 0.29) is 17.2 Å². The van der Waals surface area contributed by atoms with Gasteiger partial charge in [0.15, 0.2) is 0 Å². The van der Waals surface area contributed by atoms with Crippen molar-refractivity contribution in [2.45, 2.75) is 5.33 Å². The Kier molecular flexibility index (Phi) is 4.61. The number of phenolic OH excluding ortho intramolecular Hbond substituents is 1. The average Bonchev–Trinajstić information content (AvgIpc) is 2.42. The summed E-state index contributed by atoms with van der Waals surface area (Å²) in [6.45, 7) is 0. The quantitative estimate of drug-likeness (QED) is 0.775. The van der Waals surface area contributed by atoms with E-state index in [0.29, 0.717) is 5.33 Å². The third-order valence-corrected chi connectivity index (χ3v) is 3.71.